The Morgan fingerprint density at radius 3 is 2.85 bits per heavy atom. The van der Waals surface area contributed by atoms with Gasteiger partial charge in [0.25, 0.3) is 5.91 Å². The van der Waals surface area contributed by atoms with Gasteiger partial charge in [-0.1, -0.05) is 0 Å². The fraction of sp³-hybridized carbons (Fsp3) is 0.600. The Kier molecular flexibility index (Phi) is 4.95. The van der Waals surface area contributed by atoms with Gasteiger partial charge in [0.1, 0.15) is 6.26 Å². The summed E-state index contributed by atoms with van der Waals surface area (Å²) in [5, 5.41) is 3.37. The van der Waals surface area contributed by atoms with Crippen LogP contribution in [0, 0.1) is 5.92 Å². The first-order valence-electron chi connectivity index (χ1n) is 7.18. The maximum absolute atomic E-state index is 12.5. The maximum Gasteiger partial charge on any atom is 0.335 e. The van der Waals surface area contributed by atoms with Crippen LogP contribution in [0.3, 0.4) is 0 Å². The van der Waals surface area contributed by atoms with Crippen molar-refractivity contribution in [2.45, 2.75) is 32.7 Å². The van der Waals surface area contributed by atoms with Crippen molar-refractivity contribution < 1.29 is 9.21 Å². The van der Waals surface area contributed by atoms with Gasteiger partial charge in [0, 0.05) is 18.7 Å². The van der Waals surface area contributed by atoms with Crippen LogP contribution < -0.4 is 10.9 Å². The highest BCUT2D eigenvalue weighted by molar-refractivity contribution is 5.93. The first-order chi connectivity index (χ1) is 9.58. The van der Waals surface area contributed by atoms with Crippen LogP contribution >= 0.6 is 0 Å². The monoisotopic (exact) mass is 278 g/mol. The molecule has 2 rings (SSSR count). The average Bonchev–Trinajstić information content (AvgIpc) is 2.45. The Bertz CT molecular complexity index is 484. The molecule has 1 aliphatic heterocycles. The van der Waals surface area contributed by atoms with Crippen molar-refractivity contribution in [3.8, 4) is 0 Å². The number of amides is 1. The second-order valence-corrected chi connectivity index (χ2v) is 5.61. The van der Waals surface area contributed by atoms with E-state index in [4.69, 9.17) is 4.42 Å². The van der Waals surface area contributed by atoms with Gasteiger partial charge in [-0.2, -0.15) is 0 Å². The van der Waals surface area contributed by atoms with Crippen LogP contribution in [0.1, 0.15) is 37.0 Å². The highest BCUT2D eigenvalue weighted by Crippen LogP contribution is 2.16. The van der Waals surface area contributed by atoms with Crippen LogP contribution in [0.25, 0.3) is 0 Å². The molecule has 1 saturated heterocycles. The van der Waals surface area contributed by atoms with Crippen molar-refractivity contribution in [3.63, 3.8) is 0 Å². The average molecular weight is 278 g/mol. The minimum atomic E-state index is -0.436. The fourth-order valence-electron chi connectivity index (χ4n) is 2.53. The molecule has 20 heavy (non-hydrogen) atoms. The Hall–Kier alpha value is -1.62. The third kappa shape index (κ3) is 3.70. The summed E-state index contributed by atoms with van der Waals surface area (Å²) >= 11 is 0. The summed E-state index contributed by atoms with van der Waals surface area (Å²) in [7, 11) is 0. The number of hydrogen-bond donors (Lipinski definition) is 1. The van der Waals surface area contributed by atoms with E-state index >= 15 is 0 Å². The molecule has 0 radical (unpaired) electrons. The molecule has 0 saturated carbocycles. The number of piperidine rings is 1. The molecule has 1 amide bonds. The van der Waals surface area contributed by atoms with E-state index in [1.807, 2.05) is 18.7 Å². The van der Waals surface area contributed by atoms with E-state index in [9.17, 15) is 9.59 Å². The lowest BCUT2D eigenvalue weighted by molar-refractivity contribution is 0.0658. The van der Waals surface area contributed by atoms with Crippen molar-refractivity contribution in [2.75, 3.05) is 19.6 Å². The van der Waals surface area contributed by atoms with Gasteiger partial charge in [0.15, 0.2) is 0 Å². The fourth-order valence-corrected chi connectivity index (χ4v) is 2.53. The van der Waals surface area contributed by atoms with Gasteiger partial charge in [-0.25, -0.2) is 4.79 Å². The van der Waals surface area contributed by atoms with E-state index in [1.165, 1.54) is 18.4 Å². The number of nitrogens with zero attached hydrogens (tertiary/aromatic N) is 1. The molecular formula is C15H22N2O3. The molecule has 0 bridgehead atoms. The lowest BCUT2D eigenvalue weighted by Crippen LogP contribution is -2.44. The van der Waals surface area contributed by atoms with Crippen molar-refractivity contribution in [3.05, 3.63) is 34.4 Å². The normalized spacial score (nSPS) is 19.1. The standard InChI is InChI=1S/C15H22N2O3/c1-11(2)17(9-12-4-3-7-16-8-12)15(19)13-5-6-14(18)20-10-13/h5-6,10-12,16H,3-4,7-9H2,1-2H3. The largest absolute Gasteiger partial charge is 0.430 e. The molecule has 0 spiro atoms. The molecule has 1 aliphatic rings. The highest BCUT2D eigenvalue weighted by atomic mass is 16.4. The molecule has 0 aliphatic carbocycles. The Balaban J connectivity index is 2.08. The molecule has 1 aromatic heterocycles. The SMILES string of the molecule is CC(C)N(CC1CCCNC1)C(=O)c1ccc(=O)oc1. The second-order valence-electron chi connectivity index (χ2n) is 5.61. The van der Waals surface area contributed by atoms with Crippen LogP contribution in [0.15, 0.2) is 27.6 Å². The molecule has 1 fully saturated rings. The summed E-state index contributed by atoms with van der Waals surface area (Å²) in [5.41, 5.74) is -0.00352. The van der Waals surface area contributed by atoms with Crippen LogP contribution in [0.4, 0.5) is 0 Å². The summed E-state index contributed by atoms with van der Waals surface area (Å²) in [6.45, 7) is 6.78. The quantitative estimate of drug-likeness (QED) is 0.906. The van der Waals surface area contributed by atoms with Gasteiger partial charge in [-0.15, -0.1) is 0 Å². The van der Waals surface area contributed by atoms with Crippen molar-refractivity contribution in [1.29, 1.82) is 0 Å². The Morgan fingerprint density at radius 1 is 1.50 bits per heavy atom. The third-order valence-corrected chi connectivity index (χ3v) is 3.69. The lowest BCUT2D eigenvalue weighted by Gasteiger charge is -2.32. The highest BCUT2D eigenvalue weighted by Gasteiger charge is 2.24. The van der Waals surface area contributed by atoms with Gasteiger partial charge in [0.05, 0.1) is 5.56 Å². The van der Waals surface area contributed by atoms with Crippen LogP contribution in [0.2, 0.25) is 0 Å². The molecule has 1 atom stereocenters. The van der Waals surface area contributed by atoms with Crippen molar-refractivity contribution in [1.82, 2.24) is 10.2 Å². The molecule has 1 unspecified atom stereocenters. The Labute approximate surface area is 119 Å². The van der Waals surface area contributed by atoms with E-state index in [1.54, 1.807) is 0 Å². The van der Waals surface area contributed by atoms with Crippen LogP contribution in [-0.2, 0) is 0 Å². The predicted molar refractivity (Wildman–Crippen MR) is 76.7 cm³/mol. The van der Waals surface area contributed by atoms with Gasteiger partial charge in [-0.3, -0.25) is 4.79 Å². The number of hydrogen-bond acceptors (Lipinski definition) is 4. The molecule has 0 aromatic carbocycles. The zero-order valence-corrected chi connectivity index (χ0v) is 12.1. The maximum atomic E-state index is 12.5. The van der Waals surface area contributed by atoms with E-state index in [2.05, 4.69) is 5.32 Å². The van der Waals surface area contributed by atoms with E-state index in [-0.39, 0.29) is 11.9 Å². The molecular weight excluding hydrogens is 256 g/mol. The third-order valence-electron chi connectivity index (χ3n) is 3.69. The van der Waals surface area contributed by atoms with Gasteiger partial charge < -0.3 is 14.6 Å². The van der Waals surface area contributed by atoms with Crippen LogP contribution in [-0.4, -0.2) is 36.5 Å². The molecule has 5 nitrogen and oxygen atoms in total. The van der Waals surface area contributed by atoms with Crippen molar-refractivity contribution >= 4 is 5.91 Å². The number of carbonyl (C=O) groups excluding carboxylic acids is 1. The molecule has 110 valence electrons. The smallest absolute Gasteiger partial charge is 0.335 e. The van der Waals surface area contributed by atoms with E-state index in [0.29, 0.717) is 11.5 Å². The predicted octanol–water partition coefficient (Wildman–Crippen LogP) is 1.49. The minimum Gasteiger partial charge on any atom is -0.430 e. The lowest BCUT2D eigenvalue weighted by atomic mass is 9.98. The molecule has 1 aromatic rings. The number of nitrogens with one attached hydrogen (secondary N) is 1. The topological polar surface area (TPSA) is 62.6 Å². The minimum absolute atomic E-state index is 0.0747. The summed E-state index contributed by atoms with van der Waals surface area (Å²) in [4.78, 5) is 25.3. The molecule has 5 heteroatoms. The van der Waals surface area contributed by atoms with Crippen LogP contribution in [0.5, 0.6) is 0 Å². The van der Waals surface area contributed by atoms with Gasteiger partial charge >= 0.3 is 5.63 Å². The van der Waals surface area contributed by atoms with Gasteiger partial charge in [0.2, 0.25) is 0 Å². The molecule has 2 heterocycles. The Morgan fingerprint density at radius 2 is 2.30 bits per heavy atom. The first-order valence-corrected chi connectivity index (χ1v) is 7.18. The van der Waals surface area contributed by atoms with Gasteiger partial charge in [-0.05, 0) is 51.8 Å². The van der Waals surface area contributed by atoms with E-state index < -0.39 is 5.63 Å². The number of rotatable bonds is 4. The zero-order chi connectivity index (χ0) is 14.5. The summed E-state index contributed by atoms with van der Waals surface area (Å²) < 4.78 is 4.78. The zero-order valence-electron chi connectivity index (χ0n) is 12.1. The summed E-state index contributed by atoms with van der Waals surface area (Å²) in [6, 6.07) is 2.94. The number of carbonyl (C=O) groups is 1. The molecule has 1 N–H and O–H groups in total. The second kappa shape index (κ2) is 6.70. The van der Waals surface area contributed by atoms with E-state index in [0.717, 1.165) is 32.5 Å². The first kappa shape index (κ1) is 14.8. The van der Waals surface area contributed by atoms with Crippen molar-refractivity contribution in [2.24, 2.45) is 5.92 Å². The summed E-state index contributed by atoms with van der Waals surface area (Å²) in [5.74, 6) is 0.417. The summed E-state index contributed by atoms with van der Waals surface area (Å²) in [6.07, 6.45) is 3.55.